The maximum Gasteiger partial charge on any atom is 0.343 e. The number of hydrogen-bond acceptors (Lipinski definition) is 5. The van der Waals surface area contributed by atoms with Crippen molar-refractivity contribution in [2.24, 2.45) is 0 Å². The van der Waals surface area contributed by atoms with E-state index in [1.54, 1.807) is 25.3 Å². The molecular formula is C34H32F2N2O3. The van der Waals surface area contributed by atoms with Crippen molar-refractivity contribution in [1.29, 1.82) is 0 Å². The summed E-state index contributed by atoms with van der Waals surface area (Å²) in [6.45, 7) is 8.71. The van der Waals surface area contributed by atoms with Gasteiger partial charge in [-0.25, -0.2) is 13.6 Å². The van der Waals surface area contributed by atoms with Gasteiger partial charge in [-0.3, -0.25) is 0 Å². The first-order valence-corrected chi connectivity index (χ1v) is 13.3. The molecule has 5 rings (SSSR count). The molecule has 41 heavy (non-hydrogen) atoms. The van der Waals surface area contributed by atoms with Gasteiger partial charge in [-0.2, -0.15) is 0 Å². The number of esters is 1. The van der Waals surface area contributed by atoms with Crippen molar-refractivity contribution in [2.75, 3.05) is 17.7 Å². The number of nitrogens with one attached hydrogen (secondary N) is 2. The number of anilines is 2. The molecule has 0 radical (unpaired) electrons. The molecule has 7 heteroatoms. The highest BCUT2D eigenvalue weighted by atomic mass is 19.1. The van der Waals surface area contributed by atoms with Crippen molar-refractivity contribution < 1.29 is 23.0 Å². The normalized spacial score (nSPS) is 13.5. The number of hydrogen-bond donors (Lipinski definition) is 2. The molecule has 0 atom stereocenters. The molecule has 5 nitrogen and oxygen atoms in total. The zero-order valence-corrected chi connectivity index (χ0v) is 23.7. The SMILES string of the molecule is COc1cc(OC(=O)c2ccc(F)cc2)ccc1-c1ccc2c(c1CNc1cc(F)ccc1C)C(C)=CC(C)(C)N2. The van der Waals surface area contributed by atoms with E-state index in [9.17, 15) is 13.6 Å². The Morgan fingerprint density at radius 3 is 2.34 bits per heavy atom. The number of allylic oxidation sites excluding steroid dienone is 1. The molecule has 0 aromatic heterocycles. The van der Waals surface area contributed by atoms with Gasteiger partial charge in [-0.15, -0.1) is 0 Å². The average Bonchev–Trinajstić information content (AvgIpc) is 2.93. The topological polar surface area (TPSA) is 59.6 Å². The van der Waals surface area contributed by atoms with Crippen molar-refractivity contribution in [1.82, 2.24) is 0 Å². The summed E-state index contributed by atoms with van der Waals surface area (Å²) >= 11 is 0. The minimum atomic E-state index is -0.599. The summed E-state index contributed by atoms with van der Waals surface area (Å²) < 4.78 is 38.7. The minimum Gasteiger partial charge on any atom is -0.496 e. The van der Waals surface area contributed by atoms with Crippen LogP contribution in [0, 0.1) is 18.6 Å². The van der Waals surface area contributed by atoms with Crippen LogP contribution in [0.2, 0.25) is 0 Å². The van der Waals surface area contributed by atoms with Crippen molar-refractivity contribution in [3.63, 3.8) is 0 Å². The Labute approximate surface area is 238 Å². The van der Waals surface area contributed by atoms with Crippen LogP contribution in [0.25, 0.3) is 16.7 Å². The molecular weight excluding hydrogens is 522 g/mol. The summed E-state index contributed by atoms with van der Waals surface area (Å²) in [5.41, 5.74) is 7.63. The molecule has 0 unspecified atom stereocenters. The monoisotopic (exact) mass is 554 g/mol. The Bertz CT molecular complexity index is 1660. The lowest BCUT2D eigenvalue weighted by Crippen LogP contribution is -2.32. The summed E-state index contributed by atoms with van der Waals surface area (Å²) in [6.07, 6.45) is 2.20. The summed E-state index contributed by atoms with van der Waals surface area (Å²) in [7, 11) is 1.56. The third-order valence-corrected chi connectivity index (χ3v) is 7.15. The van der Waals surface area contributed by atoms with E-state index in [0.29, 0.717) is 23.7 Å². The third kappa shape index (κ3) is 5.94. The number of benzene rings is 4. The van der Waals surface area contributed by atoms with Gasteiger partial charge in [0.1, 0.15) is 23.1 Å². The van der Waals surface area contributed by atoms with Crippen molar-refractivity contribution in [3.05, 3.63) is 113 Å². The van der Waals surface area contributed by atoms with E-state index in [-0.39, 0.29) is 16.9 Å². The third-order valence-electron chi connectivity index (χ3n) is 7.15. The minimum absolute atomic E-state index is 0.212. The summed E-state index contributed by atoms with van der Waals surface area (Å²) in [4.78, 5) is 12.6. The number of carbonyl (C=O) groups is 1. The maximum atomic E-state index is 14.1. The Balaban J connectivity index is 1.55. The van der Waals surface area contributed by atoms with Crippen LogP contribution >= 0.6 is 0 Å². The van der Waals surface area contributed by atoms with Crippen LogP contribution < -0.4 is 20.1 Å². The van der Waals surface area contributed by atoms with Gasteiger partial charge in [0.15, 0.2) is 0 Å². The molecule has 0 amide bonds. The number of halogens is 2. The number of ether oxygens (including phenoxy) is 2. The summed E-state index contributed by atoms with van der Waals surface area (Å²) in [6, 6.07) is 19.2. The number of methoxy groups -OCH3 is 1. The molecule has 0 bridgehead atoms. The molecule has 2 N–H and O–H groups in total. The van der Waals surface area contributed by atoms with Gasteiger partial charge in [-0.1, -0.05) is 18.2 Å². The van der Waals surface area contributed by atoms with E-state index in [2.05, 4.69) is 43.5 Å². The fourth-order valence-electron chi connectivity index (χ4n) is 5.31. The first-order valence-electron chi connectivity index (χ1n) is 13.3. The highest BCUT2D eigenvalue weighted by Crippen LogP contribution is 2.43. The van der Waals surface area contributed by atoms with Gasteiger partial charge in [-0.05, 0) is 105 Å². The zero-order valence-electron chi connectivity index (χ0n) is 23.7. The number of carbonyl (C=O) groups excluding carboxylic acids is 1. The van der Waals surface area contributed by atoms with Gasteiger partial charge in [0.05, 0.1) is 18.2 Å². The highest BCUT2D eigenvalue weighted by Gasteiger charge is 2.27. The quantitative estimate of drug-likeness (QED) is 0.177. The van der Waals surface area contributed by atoms with Crippen LogP contribution in [0.5, 0.6) is 11.5 Å². The molecule has 1 aliphatic heterocycles. The van der Waals surface area contributed by atoms with Crippen LogP contribution in [0.4, 0.5) is 20.2 Å². The Hall–Kier alpha value is -4.65. The maximum absolute atomic E-state index is 14.1. The first-order chi connectivity index (χ1) is 19.5. The van der Waals surface area contributed by atoms with Crippen LogP contribution in [0.15, 0.2) is 78.9 Å². The molecule has 0 aliphatic carbocycles. The summed E-state index contributed by atoms with van der Waals surface area (Å²) in [5.74, 6) is -0.520. The van der Waals surface area contributed by atoms with E-state index >= 15 is 0 Å². The van der Waals surface area contributed by atoms with Gasteiger partial charge in [0, 0.05) is 35.1 Å². The van der Waals surface area contributed by atoms with Crippen molar-refractivity contribution >= 4 is 22.9 Å². The van der Waals surface area contributed by atoms with Crippen molar-refractivity contribution in [2.45, 2.75) is 39.8 Å². The Morgan fingerprint density at radius 1 is 0.902 bits per heavy atom. The number of rotatable bonds is 7. The van der Waals surface area contributed by atoms with Crippen LogP contribution in [-0.2, 0) is 6.54 Å². The molecule has 1 aliphatic rings. The second-order valence-electron chi connectivity index (χ2n) is 10.8. The lowest BCUT2D eigenvalue weighted by molar-refractivity contribution is 0.0734. The molecule has 0 spiro atoms. The smallest absolute Gasteiger partial charge is 0.343 e. The van der Waals surface area contributed by atoms with Crippen LogP contribution in [0.3, 0.4) is 0 Å². The number of fused-ring (bicyclic) bond motifs is 1. The van der Waals surface area contributed by atoms with Crippen LogP contribution in [0.1, 0.15) is 47.8 Å². The molecule has 0 fully saturated rings. The van der Waals surface area contributed by atoms with Gasteiger partial charge in [0.2, 0.25) is 0 Å². The summed E-state index contributed by atoms with van der Waals surface area (Å²) in [5, 5.41) is 7.04. The molecule has 1 heterocycles. The first kappa shape index (κ1) is 27.9. The van der Waals surface area contributed by atoms with E-state index < -0.39 is 11.8 Å². The van der Waals surface area contributed by atoms with Crippen LogP contribution in [-0.4, -0.2) is 18.6 Å². The van der Waals surface area contributed by atoms with Gasteiger partial charge in [0.25, 0.3) is 0 Å². The Kier molecular flexibility index (Phi) is 7.54. The lowest BCUT2D eigenvalue weighted by atomic mass is 9.85. The fourth-order valence-corrected chi connectivity index (χ4v) is 5.31. The second kappa shape index (κ2) is 11.1. The largest absolute Gasteiger partial charge is 0.496 e. The second-order valence-corrected chi connectivity index (χ2v) is 10.8. The van der Waals surface area contributed by atoms with E-state index in [1.807, 2.05) is 19.1 Å². The molecule has 210 valence electrons. The average molecular weight is 555 g/mol. The fraction of sp³-hybridized carbons (Fsp3) is 0.206. The van der Waals surface area contributed by atoms with Gasteiger partial charge < -0.3 is 20.1 Å². The molecule has 0 saturated heterocycles. The molecule has 4 aromatic carbocycles. The van der Waals surface area contributed by atoms with Gasteiger partial charge >= 0.3 is 5.97 Å². The molecule has 4 aromatic rings. The highest BCUT2D eigenvalue weighted by molar-refractivity contribution is 5.92. The van der Waals surface area contributed by atoms with E-state index in [1.165, 1.54) is 36.4 Å². The Morgan fingerprint density at radius 2 is 1.61 bits per heavy atom. The van der Waals surface area contributed by atoms with E-state index in [4.69, 9.17) is 9.47 Å². The predicted octanol–water partition coefficient (Wildman–Crippen LogP) is 8.39. The van der Waals surface area contributed by atoms with Crippen molar-refractivity contribution in [3.8, 4) is 22.6 Å². The zero-order chi connectivity index (χ0) is 29.3. The predicted molar refractivity (Wildman–Crippen MR) is 160 cm³/mol. The standard InChI is InChI=1S/C34H32F2N2O3/c1-20-6-9-24(36)16-30(20)37-19-28-26(14-15-29-32(28)21(2)18-34(3,4)38-29)27-13-12-25(17-31(27)40-5)41-33(39)22-7-10-23(35)11-8-22/h6-18,37-38H,19H2,1-5H3. The number of aryl methyl sites for hydroxylation is 1. The molecule has 0 saturated carbocycles. The lowest BCUT2D eigenvalue weighted by Gasteiger charge is -2.33. The van der Waals surface area contributed by atoms with E-state index in [0.717, 1.165) is 39.1 Å².